The number of fused-ring (bicyclic) bond motifs is 2. The second kappa shape index (κ2) is 7.90. The zero-order chi connectivity index (χ0) is 23.5. The zero-order valence-corrected chi connectivity index (χ0v) is 19.4. The van der Waals surface area contributed by atoms with Crippen LogP contribution in [0.25, 0.3) is 10.9 Å². The first-order valence-electron chi connectivity index (χ1n) is 10.6. The number of halogens is 2. The van der Waals surface area contributed by atoms with Gasteiger partial charge in [-0.1, -0.05) is 17.7 Å². The number of ether oxygens (including phenoxy) is 3. The average Bonchev–Trinajstić information content (AvgIpc) is 3.21. The summed E-state index contributed by atoms with van der Waals surface area (Å²) in [5.74, 6) is -0.945. The van der Waals surface area contributed by atoms with Crippen LogP contribution < -0.4 is 10.3 Å². The van der Waals surface area contributed by atoms with Crippen LogP contribution in [0.5, 0.6) is 5.75 Å². The van der Waals surface area contributed by atoms with Gasteiger partial charge in [0.15, 0.2) is 5.79 Å². The number of rotatable bonds is 4. The quantitative estimate of drug-likeness (QED) is 0.529. The summed E-state index contributed by atoms with van der Waals surface area (Å²) in [5.41, 5.74) is 2.35. The number of hydrogen-bond donors (Lipinski definition) is 0. The molecule has 0 N–H and O–H groups in total. The molecule has 0 saturated carbocycles. The van der Waals surface area contributed by atoms with Crippen molar-refractivity contribution in [1.29, 1.82) is 0 Å². The van der Waals surface area contributed by atoms with Crippen LogP contribution in [0.2, 0.25) is 5.02 Å². The SMILES string of the molecule is Cc1cc(=O)n([C@@H]2C=C(COc3cc(F)c4cc(Cl)c(C)nc4c3)[C@H]3OC(C)(C)O[C@H]32)cn1. The molecule has 1 aliphatic carbocycles. The van der Waals surface area contributed by atoms with Crippen LogP contribution in [0.4, 0.5) is 4.39 Å². The Hall–Kier alpha value is -2.81. The highest BCUT2D eigenvalue weighted by atomic mass is 35.5. The van der Waals surface area contributed by atoms with Crippen LogP contribution in [0.1, 0.15) is 31.3 Å². The van der Waals surface area contributed by atoms with Crippen molar-refractivity contribution in [2.24, 2.45) is 0 Å². The van der Waals surface area contributed by atoms with Crippen molar-refractivity contribution in [3.05, 3.63) is 74.8 Å². The van der Waals surface area contributed by atoms with Crippen LogP contribution in [-0.2, 0) is 9.47 Å². The van der Waals surface area contributed by atoms with Crippen molar-refractivity contribution in [3.63, 3.8) is 0 Å². The summed E-state index contributed by atoms with van der Waals surface area (Å²) in [7, 11) is 0. The molecule has 2 aromatic heterocycles. The molecule has 5 rings (SSSR count). The molecule has 0 amide bonds. The van der Waals surface area contributed by atoms with Gasteiger partial charge in [-0.05, 0) is 39.3 Å². The molecule has 1 fully saturated rings. The van der Waals surface area contributed by atoms with E-state index >= 15 is 0 Å². The van der Waals surface area contributed by atoms with E-state index in [0.717, 1.165) is 5.57 Å². The number of hydrogen-bond acceptors (Lipinski definition) is 6. The van der Waals surface area contributed by atoms with Crippen molar-refractivity contribution >= 4 is 22.5 Å². The van der Waals surface area contributed by atoms with Gasteiger partial charge in [0.05, 0.1) is 28.6 Å². The summed E-state index contributed by atoms with van der Waals surface area (Å²) in [6.45, 7) is 7.33. The predicted octanol–water partition coefficient (Wildman–Crippen LogP) is 4.28. The third kappa shape index (κ3) is 4.03. The topological polar surface area (TPSA) is 75.5 Å². The second-order valence-electron chi connectivity index (χ2n) is 8.84. The molecule has 2 aliphatic rings. The van der Waals surface area contributed by atoms with Gasteiger partial charge in [-0.3, -0.25) is 14.3 Å². The van der Waals surface area contributed by atoms with E-state index in [9.17, 15) is 9.18 Å². The Bertz CT molecular complexity index is 1350. The monoisotopic (exact) mass is 471 g/mol. The minimum absolute atomic E-state index is 0.142. The number of aryl methyl sites for hydroxylation is 2. The molecule has 1 saturated heterocycles. The van der Waals surface area contributed by atoms with Gasteiger partial charge in [0.2, 0.25) is 0 Å². The lowest BCUT2D eigenvalue weighted by Gasteiger charge is -2.22. The molecule has 0 bridgehead atoms. The first kappa shape index (κ1) is 22.0. The van der Waals surface area contributed by atoms with Gasteiger partial charge in [0.25, 0.3) is 5.56 Å². The molecule has 1 aromatic carbocycles. The summed E-state index contributed by atoms with van der Waals surface area (Å²) in [4.78, 5) is 21.2. The Kier molecular flexibility index (Phi) is 5.27. The lowest BCUT2D eigenvalue weighted by atomic mass is 10.1. The lowest BCUT2D eigenvalue weighted by molar-refractivity contribution is -0.148. The highest BCUT2D eigenvalue weighted by Crippen LogP contribution is 2.43. The summed E-state index contributed by atoms with van der Waals surface area (Å²) in [5, 5.41) is 0.740. The van der Waals surface area contributed by atoms with Crippen LogP contribution in [0.15, 0.2) is 47.0 Å². The Labute approximate surface area is 194 Å². The second-order valence-corrected chi connectivity index (χ2v) is 9.25. The van der Waals surface area contributed by atoms with Crippen molar-refractivity contribution in [1.82, 2.24) is 14.5 Å². The highest BCUT2D eigenvalue weighted by molar-refractivity contribution is 6.31. The number of aromatic nitrogens is 3. The van der Waals surface area contributed by atoms with E-state index in [2.05, 4.69) is 9.97 Å². The predicted molar refractivity (Wildman–Crippen MR) is 121 cm³/mol. The van der Waals surface area contributed by atoms with Crippen molar-refractivity contribution in [2.75, 3.05) is 6.61 Å². The van der Waals surface area contributed by atoms with Crippen LogP contribution in [-0.4, -0.2) is 39.1 Å². The standard InChI is InChI=1S/C24H23ClFN3O4/c1-12-5-21(30)29(11-27-12)20-6-14(22-23(20)33-24(3,4)32-22)10-31-15-7-18(26)16-9-17(25)13(2)28-19(16)8-15/h5-9,11,20,22-23H,10H2,1-4H3/t20-,22-,23+/m1/s1. The molecule has 0 radical (unpaired) electrons. The Balaban J connectivity index is 1.45. The summed E-state index contributed by atoms with van der Waals surface area (Å²) >= 11 is 6.08. The maximum atomic E-state index is 14.7. The van der Waals surface area contributed by atoms with Gasteiger partial charge < -0.3 is 14.2 Å². The molecule has 3 atom stereocenters. The molecule has 172 valence electrons. The lowest BCUT2D eigenvalue weighted by Crippen LogP contribution is -2.34. The smallest absolute Gasteiger partial charge is 0.254 e. The molecule has 0 spiro atoms. The molecular formula is C24H23ClFN3O4. The van der Waals surface area contributed by atoms with E-state index < -0.39 is 29.9 Å². The summed E-state index contributed by atoms with van der Waals surface area (Å²) < 4.78 is 34.3. The third-order valence-corrected chi connectivity index (χ3v) is 6.28. The zero-order valence-electron chi connectivity index (χ0n) is 18.6. The number of pyridine rings is 1. The van der Waals surface area contributed by atoms with Gasteiger partial charge in [0.1, 0.15) is 30.4 Å². The Morgan fingerprint density at radius 1 is 1.21 bits per heavy atom. The van der Waals surface area contributed by atoms with E-state index in [1.165, 1.54) is 23.0 Å². The molecule has 0 unspecified atom stereocenters. The third-order valence-electron chi connectivity index (χ3n) is 5.90. The van der Waals surface area contributed by atoms with E-state index in [1.54, 1.807) is 26.0 Å². The molecular weight excluding hydrogens is 449 g/mol. The van der Waals surface area contributed by atoms with Crippen LogP contribution >= 0.6 is 11.6 Å². The van der Waals surface area contributed by atoms with Crippen LogP contribution in [0.3, 0.4) is 0 Å². The maximum Gasteiger partial charge on any atom is 0.254 e. The molecule has 3 heterocycles. The van der Waals surface area contributed by atoms with Crippen molar-refractivity contribution < 1.29 is 18.6 Å². The Morgan fingerprint density at radius 3 is 2.76 bits per heavy atom. The Morgan fingerprint density at radius 2 is 2.00 bits per heavy atom. The van der Waals surface area contributed by atoms with Crippen molar-refractivity contribution in [2.45, 2.75) is 51.7 Å². The number of benzene rings is 1. The van der Waals surface area contributed by atoms with E-state index in [-0.39, 0.29) is 12.2 Å². The fourth-order valence-electron chi connectivity index (χ4n) is 4.36. The normalized spacial score (nSPS) is 23.6. The van der Waals surface area contributed by atoms with Gasteiger partial charge in [-0.2, -0.15) is 0 Å². The van der Waals surface area contributed by atoms with Gasteiger partial charge in [0, 0.05) is 29.3 Å². The van der Waals surface area contributed by atoms with Crippen LogP contribution in [0, 0.1) is 19.7 Å². The minimum atomic E-state index is -0.815. The van der Waals surface area contributed by atoms with Gasteiger partial charge in [-0.15, -0.1) is 0 Å². The average molecular weight is 472 g/mol. The summed E-state index contributed by atoms with van der Waals surface area (Å²) in [6.07, 6.45) is 2.62. The van der Waals surface area contributed by atoms with Gasteiger partial charge >= 0.3 is 0 Å². The maximum absolute atomic E-state index is 14.7. The first-order valence-corrected chi connectivity index (χ1v) is 11.0. The minimum Gasteiger partial charge on any atom is -0.489 e. The fourth-order valence-corrected chi connectivity index (χ4v) is 4.51. The molecule has 7 nitrogen and oxygen atoms in total. The van der Waals surface area contributed by atoms with E-state index in [0.29, 0.717) is 33.1 Å². The fraction of sp³-hybridized carbons (Fsp3) is 0.375. The van der Waals surface area contributed by atoms with E-state index in [4.69, 9.17) is 25.8 Å². The number of nitrogens with zero attached hydrogens (tertiary/aromatic N) is 3. The van der Waals surface area contributed by atoms with Crippen molar-refractivity contribution in [3.8, 4) is 5.75 Å². The van der Waals surface area contributed by atoms with Gasteiger partial charge in [-0.25, -0.2) is 9.37 Å². The molecule has 3 aromatic rings. The largest absolute Gasteiger partial charge is 0.489 e. The molecule has 33 heavy (non-hydrogen) atoms. The molecule has 1 aliphatic heterocycles. The molecule has 9 heteroatoms. The highest BCUT2D eigenvalue weighted by Gasteiger charge is 2.50. The first-order chi connectivity index (χ1) is 15.6. The van der Waals surface area contributed by atoms with E-state index in [1.807, 2.05) is 19.9 Å². The summed E-state index contributed by atoms with van der Waals surface area (Å²) in [6, 6.07) is 5.64.